The van der Waals surface area contributed by atoms with Crippen LogP contribution in [0.4, 0.5) is 4.39 Å². The zero-order valence-corrected chi connectivity index (χ0v) is 11.9. The van der Waals surface area contributed by atoms with Crippen molar-refractivity contribution in [2.45, 2.75) is 26.9 Å². The van der Waals surface area contributed by atoms with Crippen molar-refractivity contribution in [1.82, 2.24) is 10.3 Å². The lowest BCUT2D eigenvalue weighted by Crippen LogP contribution is -2.16. The van der Waals surface area contributed by atoms with E-state index in [9.17, 15) is 4.39 Å². The van der Waals surface area contributed by atoms with Gasteiger partial charge in [-0.2, -0.15) is 0 Å². The molecule has 6 nitrogen and oxygen atoms in total. The highest BCUT2D eigenvalue weighted by molar-refractivity contribution is 5.97. The van der Waals surface area contributed by atoms with E-state index in [1.165, 1.54) is 12.1 Å². The fraction of sp³-hybridized carbons (Fsp3) is 0.286. The van der Waals surface area contributed by atoms with Crippen LogP contribution in [0.3, 0.4) is 0 Å². The molecule has 0 fully saturated rings. The van der Waals surface area contributed by atoms with E-state index in [2.05, 4.69) is 15.5 Å². The van der Waals surface area contributed by atoms with Crippen molar-refractivity contribution in [3.05, 3.63) is 52.5 Å². The van der Waals surface area contributed by atoms with Crippen LogP contribution in [0.2, 0.25) is 0 Å². The molecular formula is C14H17FN4O2. The fourth-order valence-electron chi connectivity index (χ4n) is 1.89. The van der Waals surface area contributed by atoms with Crippen molar-refractivity contribution < 1.29 is 14.0 Å². The quantitative estimate of drug-likeness (QED) is 0.338. The van der Waals surface area contributed by atoms with Crippen LogP contribution in [-0.2, 0) is 13.1 Å². The first-order valence-electron chi connectivity index (χ1n) is 6.40. The zero-order valence-electron chi connectivity index (χ0n) is 11.9. The van der Waals surface area contributed by atoms with Gasteiger partial charge in [-0.05, 0) is 37.6 Å². The molecule has 0 aliphatic rings. The van der Waals surface area contributed by atoms with Crippen molar-refractivity contribution >= 4 is 5.84 Å². The Bertz CT molecular complexity index is 647. The summed E-state index contributed by atoms with van der Waals surface area (Å²) in [6.45, 7) is 4.56. The summed E-state index contributed by atoms with van der Waals surface area (Å²) < 4.78 is 18.9. The number of nitrogens with one attached hydrogen (secondary N) is 1. The summed E-state index contributed by atoms with van der Waals surface area (Å²) in [7, 11) is 0. The highest BCUT2D eigenvalue weighted by Gasteiger charge is 2.07. The third-order valence-electron chi connectivity index (χ3n) is 3.04. The Morgan fingerprint density at radius 3 is 2.76 bits per heavy atom. The number of hydrogen-bond acceptors (Lipinski definition) is 5. The van der Waals surface area contributed by atoms with Crippen molar-refractivity contribution in [2.24, 2.45) is 10.9 Å². The predicted molar refractivity (Wildman–Crippen MR) is 75.4 cm³/mol. The van der Waals surface area contributed by atoms with Crippen LogP contribution in [0.15, 0.2) is 27.8 Å². The topological polar surface area (TPSA) is 96.7 Å². The van der Waals surface area contributed by atoms with E-state index in [1.807, 2.05) is 13.8 Å². The van der Waals surface area contributed by atoms with E-state index >= 15 is 0 Å². The Kier molecular flexibility index (Phi) is 4.54. The number of hydrogen-bond donors (Lipinski definition) is 3. The summed E-state index contributed by atoms with van der Waals surface area (Å²) in [5.41, 5.74) is 7.32. The number of oxazole rings is 1. The van der Waals surface area contributed by atoms with Gasteiger partial charge in [0.05, 0.1) is 12.2 Å². The first-order chi connectivity index (χ1) is 9.99. The minimum Gasteiger partial charge on any atom is -0.444 e. The molecule has 0 radical (unpaired) electrons. The molecule has 0 saturated heterocycles. The van der Waals surface area contributed by atoms with Gasteiger partial charge in [-0.3, -0.25) is 0 Å². The summed E-state index contributed by atoms with van der Waals surface area (Å²) in [4.78, 5) is 4.24. The molecule has 1 aromatic heterocycles. The Morgan fingerprint density at radius 1 is 1.38 bits per heavy atom. The average molecular weight is 292 g/mol. The molecule has 21 heavy (non-hydrogen) atoms. The lowest BCUT2D eigenvalue weighted by molar-refractivity contribution is 0.318. The van der Waals surface area contributed by atoms with Crippen LogP contribution in [0.5, 0.6) is 0 Å². The molecule has 1 heterocycles. The van der Waals surface area contributed by atoms with Crippen LogP contribution in [0.1, 0.15) is 28.5 Å². The lowest BCUT2D eigenvalue weighted by atomic mass is 10.1. The Morgan fingerprint density at radius 2 is 2.14 bits per heavy atom. The first-order valence-corrected chi connectivity index (χ1v) is 6.40. The molecule has 2 aromatic rings. The maximum absolute atomic E-state index is 13.5. The Balaban J connectivity index is 2.01. The zero-order chi connectivity index (χ0) is 15.4. The van der Waals surface area contributed by atoms with Crippen LogP contribution in [0.25, 0.3) is 0 Å². The maximum atomic E-state index is 13.5. The number of rotatable bonds is 5. The molecule has 7 heteroatoms. The monoisotopic (exact) mass is 292 g/mol. The molecule has 2 rings (SSSR count). The average Bonchev–Trinajstić information content (AvgIpc) is 2.76. The molecule has 1 aromatic carbocycles. The number of oxime groups is 1. The molecular weight excluding hydrogens is 275 g/mol. The van der Waals surface area contributed by atoms with E-state index in [1.54, 1.807) is 6.07 Å². The van der Waals surface area contributed by atoms with Crippen LogP contribution in [-0.4, -0.2) is 16.0 Å². The largest absolute Gasteiger partial charge is 0.444 e. The van der Waals surface area contributed by atoms with Crippen molar-refractivity contribution in [2.75, 3.05) is 0 Å². The summed E-state index contributed by atoms with van der Waals surface area (Å²) in [5, 5.41) is 14.6. The lowest BCUT2D eigenvalue weighted by Gasteiger charge is -2.06. The predicted octanol–water partition coefficient (Wildman–Crippen LogP) is 1.81. The van der Waals surface area contributed by atoms with Crippen molar-refractivity contribution in [3.63, 3.8) is 0 Å². The number of amidine groups is 1. The summed E-state index contributed by atoms with van der Waals surface area (Å²) in [5.74, 6) is 0.790. The van der Waals surface area contributed by atoms with Crippen LogP contribution < -0.4 is 11.1 Å². The van der Waals surface area contributed by atoms with Gasteiger partial charge in [0.2, 0.25) is 5.89 Å². The first kappa shape index (κ1) is 15.0. The van der Waals surface area contributed by atoms with Gasteiger partial charge in [0.15, 0.2) is 5.84 Å². The Labute approximate surface area is 121 Å². The minimum absolute atomic E-state index is 0.130. The molecule has 0 spiro atoms. The molecule has 0 unspecified atom stereocenters. The number of aromatic nitrogens is 1. The van der Waals surface area contributed by atoms with Crippen molar-refractivity contribution in [1.29, 1.82) is 0 Å². The second-order valence-electron chi connectivity index (χ2n) is 4.69. The number of nitrogens with two attached hydrogens (primary N) is 1. The van der Waals surface area contributed by atoms with Crippen LogP contribution in [0, 0.1) is 19.7 Å². The molecule has 0 aliphatic heterocycles. The highest BCUT2D eigenvalue weighted by atomic mass is 19.1. The summed E-state index contributed by atoms with van der Waals surface area (Å²) in [6.07, 6.45) is 0. The smallest absolute Gasteiger partial charge is 0.208 e. The second-order valence-corrected chi connectivity index (χ2v) is 4.69. The highest BCUT2D eigenvalue weighted by Crippen LogP contribution is 2.11. The Hall–Kier alpha value is -2.41. The van der Waals surface area contributed by atoms with Gasteiger partial charge >= 0.3 is 0 Å². The van der Waals surface area contributed by atoms with Crippen LogP contribution >= 0.6 is 0 Å². The van der Waals surface area contributed by atoms with E-state index in [0.29, 0.717) is 30.1 Å². The van der Waals surface area contributed by atoms with Gasteiger partial charge in [0.1, 0.15) is 11.6 Å². The van der Waals surface area contributed by atoms with Gasteiger partial charge in [-0.15, -0.1) is 0 Å². The molecule has 112 valence electrons. The van der Waals surface area contributed by atoms with Crippen molar-refractivity contribution in [3.8, 4) is 0 Å². The third-order valence-corrected chi connectivity index (χ3v) is 3.04. The molecule has 0 amide bonds. The summed E-state index contributed by atoms with van der Waals surface area (Å²) in [6, 6.07) is 4.24. The van der Waals surface area contributed by atoms with E-state index in [0.717, 1.165) is 11.5 Å². The second kappa shape index (κ2) is 6.36. The van der Waals surface area contributed by atoms with Gasteiger partial charge < -0.3 is 20.7 Å². The SMILES string of the molecule is Cc1nc(CNCc2cc(F)cc(/C(N)=N/O)c2)oc1C. The molecule has 4 N–H and O–H groups in total. The van der Waals surface area contributed by atoms with Gasteiger partial charge in [-0.1, -0.05) is 5.16 Å². The number of aryl methyl sites for hydroxylation is 2. The summed E-state index contributed by atoms with van der Waals surface area (Å²) >= 11 is 0. The number of benzene rings is 1. The van der Waals surface area contributed by atoms with Gasteiger partial charge in [-0.25, -0.2) is 9.37 Å². The number of nitrogens with zero attached hydrogens (tertiary/aromatic N) is 2. The fourth-order valence-corrected chi connectivity index (χ4v) is 1.89. The molecule has 0 aliphatic carbocycles. The molecule has 0 bridgehead atoms. The normalized spacial score (nSPS) is 11.9. The molecule has 0 atom stereocenters. The molecule has 0 saturated carbocycles. The minimum atomic E-state index is -0.446. The van der Waals surface area contributed by atoms with Gasteiger partial charge in [0, 0.05) is 12.1 Å². The van der Waals surface area contributed by atoms with E-state index in [-0.39, 0.29) is 5.84 Å². The maximum Gasteiger partial charge on any atom is 0.208 e. The van der Waals surface area contributed by atoms with Gasteiger partial charge in [0.25, 0.3) is 0 Å². The van der Waals surface area contributed by atoms with E-state index in [4.69, 9.17) is 15.4 Å². The number of halogens is 1. The van der Waals surface area contributed by atoms with E-state index < -0.39 is 5.82 Å². The third kappa shape index (κ3) is 3.79. The standard InChI is InChI=1S/C14H17FN4O2/c1-8-9(2)21-13(18-8)7-17-6-10-3-11(14(16)19-20)5-12(15)4-10/h3-5,17,20H,6-7H2,1-2H3,(H2,16,19).